The van der Waals surface area contributed by atoms with Gasteiger partial charge in [-0.05, 0) is 42.7 Å². The number of benzene rings is 1. The van der Waals surface area contributed by atoms with Crippen LogP contribution in [0.4, 0.5) is 0 Å². The molecule has 110 valence electrons. The maximum atomic E-state index is 12.2. The van der Waals surface area contributed by atoms with E-state index >= 15 is 0 Å². The van der Waals surface area contributed by atoms with Gasteiger partial charge < -0.3 is 10.4 Å². The predicted molar refractivity (Wildman–Crippen MR) is 84.3 cm³/mol. The van der Waals surface area contributed by atoms with Crippen LogP contribution in [0.2, 0.25) is 5.02 Å². The molecule has 0 spiro atoms. The summed E-state index contributed by atoms with van der Waals surface area (Å²) in [6.45, 7) is 0.105. The number of halogens is 1. The van der Waals surface area contributed by atoms with Gasteiger partial charge in [-0.2, -0.15) is 11.8 Å². The van der Waals surface area contributed by atoms with Gasteiger partial charge >= 0.3 is 0 Å². The molecule has 0 bridgehead atoms. The molecule has 0 heterocycles. The van der Waals surface area contributed by atoms with Gasteiger partial charge in [0.1, 0.15) is 0 Å². The van der Waals surface area contributed by atoms with Gasteiger partial charge in [0.15, 0.2) is 0 Å². The molecule has 1 aliphatic carbocycles. The largest absolute Gasteiger partial charge is 0.396 e. The van der Waals surface area contributed by atoms with Gasteiger partial charge in [-0.3, -0.25) is 4.79 Å². The second-order valence-corrected chi connectivity index (χ2v) is 6.52. The third kappa shape index (κ3) is 4.14. The second-order valence-electron chi connectivity index (χ2n) is 5.18. The first-order valence-electron chi connectivity index (χ1n) is 6.81. The summed E-state index contributed by atoms with van der Waals surface area (Å²) in [4.78, 5) is 12.2. The van der Waals surface area contributed by atoms with Crippen molar-refractivity contribution in [2.45, 2.75) is 24.8 Å². The van der Waals surface area contributed by atoms with Crippen molar-refractivity contribution >= 4 is 29.3 Å². The molecule has 1 amide bonds. The third-order valence-electron chi connectivity index (χ3n) is 3.60. The summed E-state index contributed by atoms with van der Waals surface area (Å²) >= 11 is 7.66. The van der Waals surface area contributed by atoms with E-state index in [1.165, 1.54) is 0 Å². The van der Waals surface area contributed by atoms with Crippen LogP contribution in [0.25, 0.3) is 0 Å². The molecule has 0 aliphatic heterocycles. The van der Waals surface area contributed by atoms with Crippen LogP contribution in [0.1, 0.15) is 24.3 Å². The highest BCUT2D eigenvalue weighted by atomic mass is 35.5. The van der Waals surface area contributed by atoms with E-state index in [1.807, 2.05) is 30.5 Å². The number of aliphatic hydroxyl groups excluding tert-OH is 1. The number of carbonyl (C=O) groups excluding carboxylic acids is 1. The Hall–Kier alpha value is -0.710. The summed E-state index contributed by atoms with van der Waals surface area (Å²) in [6, 6.07) is 7.79. The quantitative estimate of drug-likeness (QED) is 0.813. The molecule has 5 heteroatoms. The molecule has 20 heavy (non-hydrogen) atoms. The van der Waals surface area contributed by atoms with Crippen LogP contribution in [0.15, 0.2) is 24.3 Å². The van der Waals surface area contributed by atoms with Crippen molar-refractivity contribution < 1.29 is 9.90 Å². The van der Waals surface area contributed by atoms with Crippen molar-refractivity contribution in [2.75, 3.05) is 18.6 Å². The van der Waals surface area contributed by atoms with Gasteiger partial charge in [-0.15, -0.1) is 0 Å². The number of thioether (sulfide) groups is 1. The Bertz CT molecular complexity index is 463. The smallest absolute Gasteiger partial charge is 0.223 e. The number of hydrogen-bond acceptors (Lipinski definition) is 3. The first-order chi connectivity index (χ1) is 9.65. The van der Waals surface area contributed by atoms with Crippen LogP contribution in [0, 0.1) is 5.92 Å². The summed E-state index contributed by atoms with van der Waals surface area (Å²) in [7, 11) is 0. The lowest BCUT2D eigenvalue weighted by Gasteiger charge is -2.16. The molecule has 0 aromatic heterocycles. The summed E-state index contributed by atoms with van der Waals surface area (Å²) < 4.78 is 0. The molecule has 0 saturated heterocycles. The van der Waals surface area contributed by atoms with Crippen molar-refractivity contribution in [3.63, 3.8) is 0 Å². The molecule has 0 radical (unpaired) electrons. The standard InChI is InChI=1S/C15H20ClNO2S/c1-20-9-12(5-6-18)17-15(19)14-8-13(14)10-3-2-4-11(16)7-10/h2-4,7,12-14,18H,5-6,8-9H2,1H3,(H,17,19). The highest BCUT2D eigenvalue weighted by Crippen LogP contribution is 2.48. The number of aliphatic hydroxyl groups is 1. The normalized spacial score (nSPS) is 22.4. The van der Waals surface area contributed by atoms with E-state index in [1.54, 1.807) is 11.8 Å². The van der Waals surface area contributed by atoms with Gasteiger partial charge in [0.2, 0.25) is 5.91 Å². The SMILES string of the molecule is CSCC(CCO)NC(=O)C1CC1c1cccc(Cl)c1. The fourth-order valence-corrected chi connectivity index (χ4v) is 3.30. The van der Waals surface area contributed by atoms with E-state index in [9.17, 15) is 4.79 Å². The molecular weight excluding hydrogens is 294 g/mol. The molecule has 1 aromatic rings. The van der Waals surface area contributed by atoms with E-state index in [0.29, 0.717) is 11.4 Å². The molecule has 2 rings (SSSR count). The van der Waals surface area contributed by atoms with Gasteiger partial charge in [0.05, 0.1) is 0 Å². The average molecular weight is 314 g/mol. The first kappa shape index (κ1) is 15.7. The topological polar surface area (TPSA) is 49.3 Å². The van der Waals surface area contributed by atoms with Crippen molar-refractivity contribution in [1.82, 2.24) is 5.32 Å². The second kappa shape index (κ2) is 7.34. The Morgan fingerprint density at radius 3 is 3.05 bits per heavy atom. The highest BCUT2D eigenvalue weighted by Gasteiger charge is 2.44. The van der Waals surface area contributed by atoms with Crippen LogP contribution in [0.3, 0.4) is 0 Å². The third-order valence-corrected chi connectivity index (χ3v) is 4.57. The van der Waals surface area contributed by atoms with Crippen LogP contribution < -0.4 is 5.32 Å². The highest BCUT2D eigenvalue weighted by molar-refractivity contribution is 7.98. The fraction of sp³-hybridized carbons (Fsp3) is 0.533. The molecule has 1 saturated carbocycles. The Kier molecular flexibility index (Phi) is 5.75. The van der Waals surface area contributed by atoms with Crippen LogP contribution >= 0.6 is 23.4 Å². The number of hydrogen-bond donors (Lipinski definition) is 2. The average Bonchev–Trinajstić information content (AvgIpc) is 3.19. The molecule has 3 unspecified atom stereocenters. The maximum Gasteiger partial charge on any atom is 0.223 e. The zero-order valence-electron chi connectivity index (χ0n) is 11.5. The molecule has 1 aromatic carbocycles. The van der Waals surface area contributed by atoms with Crippen LogP contribution in [-0.2, 0) is 4.79 Å². The predicted octanol–water partition coefficient (Wildman–Crippen LogP) is 2.67. The van der Waals surface area contributed by atoms with E-state index in [4.69, 9.17) is 16.7 Å². The molecule has 2 N–H and O–H groups in total. The molecule has 3 nitrogen and oxygen atoms in total. The Morgan fingerprint density at radius 1 is 1.60 bits per heavy atom. The maximum absolute atomic E-state index is 12.2. The molecule has 3 atom stereocenters. The van der Waals surface area contributed by atoms with Crippen LogP contribution in [-0.4, -0.2) is 35.7 Å². The fourth-order valence-electron chi connectivity index (χ4n) is 2.45. The summed E-state index contributed by atoms with van der Waals surface area (Å²) in [5.41, 5.74) is 1.14. The van der Waals surface area contributed by atoms with Gasteiger partial charge in [0.25, 0.3) is 0 Å². The van der Waals surface area contributed by atoms with Crippen molar-refractivity contribution in [3.8, 4) is 0 Å². The lowest BCUT2D eigenvalue weighted by molar-refractivity contribution is -0.123. The van der Waals surface area contributed by atoms with Crippen LogP contribution in [0.5, 0.6) is 0 Å². The van der Waals surface area contributed by atoms with Gasteiger partial charge in [-0.1, -0.05) is 23.7 Å². The van der Waals surface area contributed by atoms with E-state index in [-0.39, 0.29) is 30.4 Å². The zero-order valence-corrected chi connectivity index (χ0v) is 13.1. The van der Waals surface area contributed by atoms with E-state index < -0.39 is 0 Å². The van der Waals surface area contributed by atoms with Gasteiger partial charge in [0, 0.05) is 29.3 Å². The Labute approximate surface area is 129 Å². The molecule has 1 aliphatic rings. The zero-order chi connectivity index (χ0) is 14.5. The molecular formula is C15H20ClNO2S. The lowest BCUT2D eigenvalue weighted by Crippen LogP contribution is -2.38. The minimum absolute atomic E-state index is 0.0523. The Morgan fingerprint density at radius 2 is 2.40 bits per heavy atom. The summed E-state index contributed by atoms with van der Waals surface area (Å²) in [5, 5.41) is 12.8. The number of rotatable bonds is 7. The summed E-state index contributed by atoms with van der Waals surface area (Å²) in [5.74, 6) is 1.28. The van der Waals surface area contributed by atoms with Crippen molar-refractivity contribution in [3.05, 3.63) is 34.9 Å². The number of amides is 1. The lowest BCUT2D eigenvalue weighted by atomic mass is 10.1. The van der Waals surface area contributed by atoms with Gasteiger partial charge in [-0.25, -0.2) is 0 Å². The van der Waals surface area contributed by atoms with E-state index in [0.717, 1.165) is 17.7 Å². The van der Waals surface area contributed by atoms with Crippen molar-refractivity contribution in [1.29, 1.82) is 0 Å². The molecule has 1 fully saturated rings. The van der Waals surface area contributed by atoms with E-state index in [2.05, 4.69) is 5.32 Å². The Balaban J connectivity index is 1.89. The van der Waals surface area contributed by atoms with Crippen molar-refractivity contribution in [2.24, 2.45) is 5.92 Å². The minimum Gasteiger partial charge on any atom is -0.396 e. The minimum atomic E-state index is 0.0523. The number of carbonyl (C=O) groups is 1. The monoisotopic (exact) mass is 313 g/mol. The first-order valence-corrected chi connectivity index (χ1v) is 8.58. The summed E-state index contributed by atoms with van der Waals surface area (Å²) in [6.07, 6.45) is 3.50. The number of nitrogens with one attached hydrogen (secondary N) is 1.